The molecule has 160 valence electrons. The van der Waals surface area contributed by atoms with Gasteiger partial charge in [-0.2, -0.15) is 13.2 Å². The number of hydrogen-bond acceptors (Lipinski definition) is 2. The molecule has 0 saturated heterocycles. The first-order valence-corrected chi connectivity index (χ1v) is 10.1. The number of carbonyl (C=O) groups is 1. The Morgan fingerprint density at radius 3 is 2.23 bits per heavy atom. The van der Waals surface area contributed by atoms with Crippen LogP contribution < -0.4 is 5.32 Å². The average molecular weight is 416 g/mol. The predicted octanol–water partition coefficient (Wildman–Crippen LogP) is 5.28. The summed E-state index contributed by atoms with van der Waals surface area (Å²) in [4.78, 5) is 14.6. The highest BCUT2D eigenvalue weighted by Crippen LogP contribution is 2.42. The topological polar surface area (TPSA) is 32.3 Å². The van der Waals surface area contributed by atoms with Gasteiger partial charge in [0, 0.05) is 18.2 Å². The summed E-state index contributed by atoms with van der Waals surface area (Å²) in [5, 5.41) is 2.61. The number of allylic oxidation sites excluding steroid dienone is 1. The van der Waals surface area contributed by atoms with E-state index in [9.17, 15) is 18.0 Å². The molecule has 0 spiro atoms. The molecule has 1 aliphatic rings. The maximum Gasteiger partial charge on any atom is 0.416 e. The van der Waals surface area contributed by atoms with Gasteiger partial charge < -0.3 is 5.32 Å². The first-order valence-electron chi connectivity index (χ1n) is 10.1. The van der Waals surface area contributed by atoms with Crippen molar-refractivity contribution in [3.8, 4) is 0 Å². The first-order chi connectivity index (χ1) is 14.2. The standard InChI is InChI=1S/C24H27F3N2O/c1-29(2)23(20-9-4-3-5-10-20)14-12-18(13-15-23)16-22(30)28-17-19-8-6-7-11-21(19)24(25,26)27/h3-11,16H,12-15,17H2,1-2H3,(H,28,30). The van der Waals surface area contributed by atoms with Crippen LogP contribution in [-0.4, -0.2) is 24.9 Å². The van der Waals surface area contributed by atoms with Crippen LogP contribution in [0.2, 0.25) is 0 Å². The van der Waals surface area contributed by atoms with Crippen LogP contribution in [-0.2, 0) is 23.1 Å². The van der Waals surface area contributed by atoms with E-state index in [1.54, 1.807) is 12.1 Å². The number of hydrogen-bond donors (Lipinski definition) is 1. The first kappa shape index (κ1) is 22.1. The van der Waals surface area contributed by atoms with Crippen molar-refractivity contribution >= 4 is 5.91 Å². The van der Waals surface area contributed by atoms with Crippen LogP contribution >= 0.6 is 0 Å². The van der Waals surface area contributed by atoms with Gasteiger partial charge in [0.25, 0.3) is 0 Å². The zero-order chi connectivity index (χ0) is 21.8. The van der Waals surface area contributed by atoms with Crippen molar-refractivity contribution in [2.45, 2.75) is 43.9 Å². The Morgan fingerprint density at radius 2 is 1.63 bits per heavy atom. The summed E-state index contributed by atoms with van der Waals surface area (Å²) >= 11 is 0. The molecule has 0 radical (unpaired) electrons. The van der Waals surface area contributed by atoms with Gasteiger partial charge in [0.2, 0.25) is 5.91 Å². The zero-order valence-electron chi connectivity index (χ0n) is 17.3. The monoisotopic (exact) mass is 416 g/mol. The summed E-state index contributed by atoms with van der Waals surface area (Å²) in [6.07, 6.45) is 0.455. The number of amides is 1. The highest BCUT2D eigenvalue weighted by atomic mass is 19.4. The van der Waals surface area contributed by atoms with Crippen LogP contribution in [0.15, 0.2) is 66.2 Å². The fourth-order valence-corrected chi connectivity index (χ4v) is 4.24. The Hall–Kier alpha value is -2.60. The predicted molar refractivity (Wildman–Crippen MR) is 112 cm³/mol. The molecule has 2 aromatic rings. The third kappa shape index (κ3) is 4.93. The maximum absolute atomic E-state index is 13.1. The minimum Gasteiger partial charge on any atom is -0.348 e. The maximum atomic E-state index is 13.1. The quantitative estimate of drug-likeness (QED) is 0.673. The van der Waals surface area contributed by atoms with Crippen LogP contribution in [0.4, 0.5) is 13.2 Å². The van der Waals surface area contributed by atoms with Gasteiger partial charge in [-0.25, -0.2) is 0 Å². The summed E-state index contributed by atoms with van der Waals surface area (Å²) in [7, 11) is 4.15. The SMILES string of the molecule is CN(C)C1(c2ccccc2)CCC(=CC(=O)NCc2ccccc2C(F)(F)F)CC1. The van der Waals surface area contributed by atoms with E-state index >= 15 is 0 Å². The van der Waals surface area contributed by atoms with Gasteiger partial charge in [-0.15, -0.1) is 0 Å². The molecule has 1 aliphatic carbocycles. The molecule has 1 N–H and O–H groups in total. The molecule has 3 rings (SSSR count). The molecule has 1 amide bonds. The van der Waals surface area contributed by atoms with Crippen molar-refractivity contribution in [1.29, 1.82) is 0 Å². The van der Waals surface area contributed by atoms with Gasteiger partial charge in [0.15, 0.2) is 0 Å². The molecule has 1 fully saturated rings. The molecule has 30 heavy (non-hydrogen) atoms. The van der Waals surface area contributed by atoms with Gasteiger partial charge in [-0.3, -0.25) is 9.69 Å². The second kappa shape index (κ2) is 9.04. The molecule has 0 atom stereocenters. The van der Waals surface area contributed by atoms with Crippen LogP contribution in [0.3, 0.4) is 0 Å². The highest BCUT2D eigenvalue weighted by molar-refractivity contribution is 5.88. The van der Waals surface area contributed by atoms with E-state index < -0.39 is 11.7 Å². The van der Waals surface area contributed by atoms with Crippen LogP contribution in [0.1, 0.15) is 42.4 Å². The Kier molecular flexibility index (Phi) is 6.66. The normalized spacial score (nSPS) is 19.6. The van der Waals surface area contributed by atoms with Crippen LogP contribution in [0.25, 0.3) is 0 Å². The molecular weight excluding hydrogens is 389 g/mol. The average Bonchev–Trinajstić information content (AvgIpc) is 2.73. The van der Waals surface area contributed by atoms with E-state index in [-0.39, 0.29) is 23.6 Å². The van der Waals surface area contributed by atoms with E-state index in [4.69, 9.17) is 0 Å². The Bertz CT molecular complexity index is 894. The summed E-state index contributed by atoms with van der Waals surface area (Å²) in [5.74, 6) is -0.348. The summed E-state index contributed by atoms with van der Waals surface area (Å²) < 4.78 is 39.3. The Balaban J connectivity index is 1.64. The molecule has 0 bridgehead atoms. The molecule has 1 saturated carbocycles. The smallest absolute Gasteiger partial charge is 0.348 e. The van der Waals surface area contributed by atoms with E-state index in [0.717, 1.165) is 37.3 Å². The summed E-state index contributed by atoms with van der Waals surface area (Å²) in [6, 6.07) is 15.7. The van der Waals surface area contributed by atoms with Crippen LogP contribution in [0, 0.1) is 0 Å². The largest absolute Gasteiger partial charge is 0.416 e. The zero-order valence-corrected chi connectivity index (χ0v) is 17.3. The van der Waals surface area contributed by atoms with Gasteiger partial charge in [0.1, 0.15) is 0 Å². The summed E-state index contributed by atoms with van der Waals surface area (Å²) in [6.45, 7) is -0.149. The Labute approximate surface area is 175 Å². The number of nitrogens with one attached hydrogen (secondary N) is 1. The van der Waals surface area contributed by atoms with Crippen molar-refractivity contribution in [3.05, 3.63) is 82.9 Å². The van der Waals surface area contributed by atoms with Crippen molar-refractivity contribution in [2.24, 2.45) is 0 Å². The fourth-order valence-electron chi connectivity index (χ4n) is 4.24. The number of alkyl halides is 3. The fraction of sp³-hybridized carbons (Fsp3) is 0.375. The van der Waals surface area contributed by atoms with Crippen molar-refractivity contribution in [3.63, 3.8) is 0 Å². The van der Waals surface area contributed by atoms with E-state index in [2.05, 4.69) is 36.4 Å². The van der Waals surface area contributed by atoms with E-state index in [0.29, 0.717) is 0 Å². The molecule has 0 unspecified atom stereocenters. The molecule has 2 aromatic carbocycles. The third-order valence-corrected chi connectivity index (χ3v) is 6.00. The summed E-state index contributed by atoms with van der Waals surface area (Å²) in [5.41, 5.74) is 1.58. The van der Waals surface area contributed by atoms with Crippen molar-refractivity contribution < 1.29 is 18.0 Å². The lowest BCUT2D eigenvalue weighted by Crippen LogP contribution is -2.43. The van der Waals surface area contributed by atoms with Gasteiger partial charge in [0.05, 0.1) is 5.56 Å². The third-order valence-electron chi connectivity index (χ3n) is 6.00. The number of nitrogens with zero attached hydrogens (tertiary/aromatic N) is 1. The van der Waals surface area contributed by atoms with E-state index in [1.165, 1.54) is 17.7 Å². The number of rotatable bonds is 5. The second-order valence-corrected chi connectivity index (χ2v) is 7.97. The molecule has 0 heterocycles. The lowest BCUT2D eigenvalue weighted by atomic mass is 9.74. The van der Waals surface area contributed by atoms with Gasteiger partial charge in [-0.1, -0.05) is 54.1 Å². The lowest BCUT2D eigenvalue weighted by molar-refractivity contribution is -0.138. The number of halogens is 3. The molecule has 0 aromatic heterocycles. The van der Waals surface area contributed by atoms with Crippen molar-refractivity contribution in [2.75, 3.05) is 14.1 Å². The lowest BCUT2D eigenvalue weighted by Gasteiger charge is -2.44. The van der Waals surface area contributed by atoms with E-state index in [1.807, 2.05) is 18.2 Å². The highest BCUT2D eigenvalue weighted by Gasteiger charge is 2.37. The van der Waals surface area contributed by atoms with Crippen molar-refractivity contribution in [1.82, 2.24) is 10.2 Å². The molecule has 0 aliphatic heterocycles. The second-order valence-electron chi connectivity index (χ2n) is 7.97. The molecule has 3 nitrogen and oxygen atoms in total. The number of carbonyl (C=O) groups excluding carboxylic acids is 1. The Morgan fingerprint density at radius 1 is 1.03 bits per heavy atom. The molecular formula is C24H27F3N2O. The molecule has 6 heteroatoms. The number of benzene rings is 2. The van der Waals surface area contributed by atoms with Crippen LogP contribution in [0.5, 0.6) is 0 Å². The van der Waals surface area contributed by atoms with Gasteiger partial charge in [-0.05, 0) is 57.0 Å². The van der Waals surface area contributed by atoms with Gasteiger partial charge >= 0.3 is 6.18 Å². The minimum absolute atomic E-state index is 0.0658. The minimum atomic E-state index is -4.43.